The average molecular weight is 395 g/mol. The van der Waals surface area contributed by atoms with E-state index in [1.54, 1.807) is 13.2 Å². The minimum Gasteiger partial charge on any atom is -0.336 e. The summed E-state index contributed by atoms with van der Waals surface area (Å²) in [5.74, 6) is 0.508. The minimum absolute atomic E-state index is 0.425. The van der Waals surface area contributed by atoms with Gasteiger partial charge in [0.15, 0.2) is 5.69 Å². The minimum atomic E-state index is 0.425. The maximum atomic E-state index is 9.38. The van der Waals surface area contributed by atoms with Crippen molar-refractivity contribution in [3.63, 3.8) is 0 Å². The van der Waals surface area contributed by atoms with Crippen molar-refractivity contribution >= 4 is 0 Å². The van der Waals surface area contributed by atoms with Crippen LogP contribution in [0.5, 0.6) is 0 Å². The Labute approximate surface area is 174 Å². The summed E-state index contributed by atoms with van der Waals surface area (Å²) in [6, 6.07) is 14.7. The van der Waals surface area contributed by atoms with E-state index in [9.17, 15) is 5.26 Å². The van der Waals surface area contributed by atoms with Crippen LogP contribution < -0.4 is 0 Å². The van der Waals surface area contributed by atoms with E-state index in [1.807, 2.05) is 24.7 Å². The first-order chi connectivity index (χ1) is 14.7. The fourth-order valence-electron chi connectivity index (χ4n) is 4.29. The monoisotopic (exact) mass is 395 g/mol. The number of nitriles is 1. The Kier molecular flexibility index (Phi) is 4.60. The third-order valence-corrected chi connectivity index (χ3v) is 5.79. The van der Waals surface area contributed by atoms with Gasteiger partial charge in [-0.1, -0.05) is 29.5 Å². The summed E-state index contributed by atoms with van der Waals surface area (Å²) in [6.07, 6.45) is 9.24. The van der Waals surface area contributed by atoms with Crippen LogP contribution in [0.3, 0.4) is 0 Å². The van der Waals surface area contributed by atoms with Crippen LogP contribution in [0.4, 0.5) is 0 Å². The summed E-state index contributed by atoms with van der Waals surface area (Å²) in [6.45, 7) is 0.909. The first kappa shape index (κ1) is 18.3. The van der Waals surface area contributed by atoms with Gasteiger partial charge in [-0.2, -0.15) is 5.26 Å². The van der Waals surface area contributed by atoms with Gasteiger partial charge in [-0.05, 0) is 42.5 Å². The van der Waals surface area contributed by atoms with Crippen LogP contribution in [0.1, 0.15) is 35.6 Å². The van der Waals surface area contributed by atoms with Crippen LogP contribution >= 0.6 is 0 Å². The molecule has 0 spiro atoms. The van der Waals surface area contributed by atoms with Crippen molar-refractivity contribution in [2.24, 2.45) is 7.05 Å². The summed E-state index contributed by atoms with van der Waals surface area (Å²) in [5, 5.41) is 17.5. The first-order valence-corrected chi connectivity index (χ1v) is 10.1. The standard InChI is InChI=1S/C23H21N7/c1-29-22(12-24)23(27-28-29)17-9-10-25-20(11-17)21-14-30(15-26-21)13-18-7-4-6-16-5-2-3-8-19(16)18/h2-3,5,8-11,14-15,18H,4,6-7,13H2,1H3. The fourth-order valence-corrected chi connectivity index (χ4v) is 4.29. The molecule has 7 heteroatoms. The highest BCUT2D eigenvalue weighted by Gasteiger charge is 2.20. The summed E-state index contributed by atoms with van der Waals surface area (Å²) >= 11 is 0. The van der Waals surface area contributed by atoms with E-state index in [0.29, 0.717) is 17.3 Å². The van der Waals surface area contributed by atoms with Crippen LogP contribution in [0.25, 0.3) is 22.6 Å². The number of rotatable bonds is 4. The third kappa shape index (κ3) is 3.26. The molecule has 1 aromatic carbocycles. The molecule has 1 unspecified atom stereocenters. The molecule has 0 saturated heterocycles. The Morgan fingerprint density at radius 3 is 2.97 bits per heavy atom. The molecule has 30 heavy (non-hydrogen) atoms. The molecule has 0 N–H and O–H groups in total. The highest BCUT2D eigenvalue weighted by Crippen LogP contribution is 2.33. The molecule has 0 bridgehead atoms. The van der Waals surface area contributed by atoms with Gasteiger partial charge in [-0.3, -0.25) is 4.98 Å². The van der Waals surface area contributed by atoms with Gasteiger partial charge in [0.05, 0.1) is 12.0 Å². The van der Waals surface area contributed by atoms with Gasteiger partial charge in [0.25, 0.3) is 0 Å². The first-order valence-electron chi connectivity index (χ1n) is 10.1. The molecular formula is C23H21N7. The zero-order valence-corrected chi connectivity index (χ0v) is 16.7. The molecule has 0 radical (unpaired) electrons. The molecule has 0 saturated carbocycles. The molecule has 3 aromatic heterocycles. The van der Waals surface area contributed by atoms with E-state index in [2.05, 4.69) is 55.2 Å². The smallest absolute Gasteiger partial charge is 0.166 e. The molecule has 0 fully saturated rings. The third-order valence-electron chi connectivity index (χ3n) is 5.79. The Morgan fingerprint density at radius 2 is 2.07 bits per heavy atom. The van der Waals surface area contributed by atoms with Gasteiger partial charge in [0, 0.05) is 37.5 Å². The normalized spacial score (nSPS) is 15.5. The number of hydrogen-bond donors (Lipinski definition) is 0. The van der Waals surface area contributed by atoms with E-state index in [0.717, 1.165) is 23.5 Å². The van der Waals surface area contributed by atoms with Crippen molar-refractivity contribution in [1.29, 1.82) is 5.26 Å². The summed E-state index contributed by atoms with van der Waals surface area (Å²) in [7, 11) is 1.71. The van der Waals surface area contributed by atoms with Crippen LogP contribution in [0, 0.1) is 11.3 Å². The molecule has 0 aliphatic heterocycles. The Hall–Kier alpha value is -3.79. The van der Waals surface area contributed by atoms with Crippen LogP contribution in [0.15, 0.2) is 55.1 Å². The van der Waals surface area contributed by atoms with Gasteiger partial charge in [-0.15, -0.1) is 5.10 Å². The number of nitrogens with zero attached hydrogens (tertiary/aromatic N) is 7. The number of imidazole rings is 1. The Balaban J connectivity index is 1.41. The predicted octanol–water partition coefficient (Wildman–Crippen LogP) is 3.73. The van der Waals surface area contributed by atoms with Crippen molar-refractivity contribution in [1.82, 2.24) is 29.5 Å². The van der Waals surface area contributed by atoms with Gasteiger partial charge < -0.3 is 4.57 Å². The molecule has 0 amide bonds. The van der Waals surface area contributed by atoms with E-state index >= 15 is 0 Å². The van der Waals surface area contributed by atoms with Gasteiger partial charge in [0.1, 0.15) is 17.5 Å². The number of hydrogen-bond acceptors (Lipinski definition) is 5. The average Bonchev–Trinajstić information content (AvgIpc) is 3.40. The topological polar surface area (TPSA) is 85.2 Å². The van der Waals surface area contributed by atoms with E-state index in [-0.39, 0.29) is 0 Å². The SMILES string of the molecule is Cn1nnc(-c2ccnc(-c3cn(CC4CCCc5ccccc54)cn3)c2)c1C#N. The Bertz CT molecular complexity index is 1240. The number of fused-ring (bicyclic) bond motifs is 1. The maximum absolute atomic E-state index is 9.38. The molecule has 3 heterocycles. The largest absolute Gasteiger partial charge is 0.336 e. The van der Waals surface area contributed by atoms with E-state index < -0.39 is 0 Å². The van der Waals surface area contributed by atoms with Crippen molar-refractivity contribution in [2.75, 3.05) is 0 Å². The van der Waals surface area contributed by atoms with E-state index in [4.69, 9.17) is 0 Å². The quantitative estimate of drug-likeness (QED) is 0.526. The van der Waals surface area contributed by atoms with Crippen LogP contribution in [-0.4, -0.2) is 29.5 Å². The van der Waals surface area contributed by atoms with E-state index in [1.165, 1.54) is 35.1 Å². The molecule has 1 aliphatic carbocycles. The lowest BCUT2D eigenvalue weighted by atomic mass is 9.83. The summed E-state index contributed by atoms with van der Waals surface area (Å²) in [5.41, 5.74) is 6.29. The highest BCUT2D eigenvalue weighted by atomic mass is 15.4. The molecule has 5 rings (SSSR count). The van der Waals surface area contributed by atoms with Crippen LogP contribution in [0.2, 0.25) is 0 Å². The van der Waals surface area contributed by atoms with Gasteiger partial charge in [-0.25, -0.2) is 9.67 Å². The number of benzene rings is 1. The zero-order valence-electron chi connectivity index (χ0n) is 16.7. The van der Waals surface area contributed by atoms with Crippen molar-refractivity contribution in [3.05, 3.63) is 71.9 Å². The van der Waals surface area contributed by atoms with Crippen molar-refractivity contribution in [3.8, 4) is 28.7 Å². The second-order valence-electron chi connectivity index (χ2n) is 7.70. The Morgan fingerprint density at radius 1 is 1.17 bits per heavy atom. The van der Waals surface area contributed by atoms with Crippen LogP contribution in [-0.2, 0) is 20.0 Å². The van der Waals surface area contributed by atoms with Gasteiger partial charge in [0.2, 0.25) is 0 Å². The summed E-state index contributed by atoms with van der Waals surface area (Å²) in [4.78, 5) is 9.06. The second-order valence-corrected chi connectivity index (χ2v) is 7.70. The molecule has 1 aliphatic rings. The number of pyridine rings is 1. The van der Waals surface area contributed by atoms with Gasteiger partial charge >= 0.3 is 0 Å². The molecule has 1 atom stereocenters. The summed E-state index contributed by atoms with van der Waals surface area (Å²) < 4.78 is 3.63. The highest BCUT2D eigenvalue weighted by molar-refractivity contribution is 5.69. The zero-order chi connectivity index (χ0) is 20.5. The van der Waals surface area contributed by atoms with Crippen molar-refractivity contribution < 1.29 is 0 Å². The molecular weight excluding hydrogens is 374 g/mol. The predicted molar refractivity (Wildman–Crippen MR) is 112 cm³/mol. The lowest BCUT2D eigenvalue weighted by Gasteiger charge is -2.25. The maximum Gasteiger partial charge on any atom is 0.166 e. The van der Waals surface area contributed by atoms with Crippen molar-refractivity contribution in [2.45, 2.75) is 31.7 Å². The fraction of sp³-hybridized carbons (Fsp3) is 0.261. The molecule has 148 valence electrons. The number of aryl methyl sites for hydroxylation is 2. The lowest BCUT2D eigenvalue weighted by molar-refractivity contribution is 0.483. The molecule has 7 nitrogen and oxygen atoms in total. The lowest BCUT2D eigenvalue weighted by Crippen LogP contribution is -2.14. The number of aromatic nitrogens is 6. The second kappa shape index (κ2) is 7.56. The molecule has 4 aromatic rings.